The van der Waals surface area contributed by atoms with Crippen molar-refractivity contribution in [2.24, 2.45) is 0 Å². The molecule has 2 aliphatic heterocycles. The molecule has 3 rings (SSSR count). The van der Waals surface area contributed by atoms with Gasteiger partial charge < -0.3 is 10.6 Å². The molecule has 1 aromatic rings. The average Bonchev–Trinajstić information content (AvgIpc) is 3.08. The smallest absolute Gasteiger partial charge is 0.325 e. The normalized spacial score (nSPS) is 23.9. The van der Waals surface area contributed by atoms with E-state index < -0.39 is 11.6 Å². The fourth-order valence-electron chi connectivity index (χ4n) is 2.65. The molecule has 1 atom stereocenters. The van der Waals surface area contributed by atoms with Gasteiger partial charge >= 0.3 is 6.03 Å². The van der Waals surface area contributed by atoms with Crippen LogP contribution in [0.15, 0.2) is 30.3 Å². The Hall–Kier alpha value is -2.02. The van der Waals surface area contributed by atoms with Gasteiger partial charge in [-0.05, 0) is 17.7 Å². The molecule has 2 aliphatic rings. The van der Waals surface area contributed by atoms with Crippen molar-refractivity contribution in [3.8, 4) is 0 Å². The van der Waals surface area contributed by atoms with Crippen LogP contribution < -0.4 is 10.6 Å². The Morgan fingerprint density at radius 3 is 2.77 bits per heavy atom. The number of carbonyl (C=O) groups is 3. The highest BCUT2D eigenvalue weighted by Crippen LogP contribution is 2.33. The third-order valence-electron chi connectivity index (χ3n) is 3.90. The first-order valence-electron chi connectivity index (χ1n) is 7.13. The highest BCUT2D eigenvalue weighted by molar-refractivity contribution is 7.99. The predicted octanol–water partition coefficient (Wildman–Crippen LogP) is 0.730. The fraction of sp³-hybridized carbons (Fsp3) is 0.400. The number of urea groups is 1. The van der Waals surface area contributed by atoms with Crippen LogP contribution >= 0.6 is 11.8 Å². The van der Waals surface area contributed by atoms with Gasteiger partial charge in [-0.15, -0.1) is 0 Å². The summed E-state index contributed by atoms with van der Waals surface area (Å²) in [5, 5.41) is 5.47. The first-order chi connectivity index (χ1) is 10.6. The number of carbonyl (C=O) groups excluding carboxylic acids is 3. The first-order valence-corrected chi connectivity index (χ1v) is 8.29. The predicted molar refractivity (Wildman–Crippen MR) is 83.2 cm³/mol. The van der Waals surface area contributed by atoms with Gasteiger partial charge in [0.25, 0.3) is 5.91 Å². The molecule has 2 heterocycles. The van der Waals surface area contributed by atoms with Gasteiger partial charge in [0.05, 0.1) is 0 Å². The molecule has 1 aromatic carbocycles. The third-order valence-corrected chi connectivity index (χ3v) is 5.09. The van der Waals surface area contributed by atoms with Gasteiger partial charge in [-0.2, -0.15) is 11.8 Å². The minimum Gasteiger partial charge on any atom is -0.350 e. The molecule has 2 N–H and O–H groups in total. The van der Waals surface area contributed by atoms with Crippen LogP contribution in [0.4, 0.5) is 4.79 Å². The fourth-order valence-corrected chi connectivity index (χ4v) is 3.97. The van der Waals surface area contributed by atoms with Crippen LogP contribution in [0, 0.1) is 0 Å². The molecule has 6 nitrogen and oxygen atoms in total. The van der Waals surface area contributed by atoms with Crippen LogP contribution in [0.1, 0.15) is 12.0 Å². The number of nitrogens with zero attached hydrogens (tertiary/aromatic N) is 1. The van der Waals surface area contributed by atoms with E-state index in [-0.39, 0.29) is 18.4 Å². The second kappa shape index (κ2) is 6.00. The zero-order valence-corrected chi connectivity index (χ0v) is 12.8. The highest BCUT2D eigenvalue weighted by Gasteiger charge is 2.53. The van der Waals surface area contributed by atoms with Crippen molar-refractivity contribution in [1.82, 2.24) is 15.5 Å². The molecule has 0 saturated carbocycles. The topological polar surface area (TPSA) is 78.5 Å². The van der Waals surface area contributed by atoms with E-state index in [1.807, 2.05) is 30.3 Å². The molecule has 0 bridgehead atoms. The van der Waals surface area contributed by atoms with Gasteiger partial charge in [0.15, 0.2) is 0 Å². The molecule has 22 heavy (non-hydrogen) atoms. The van der Waals surface area contributed by atoms with E-state index >= 15 is 0 Å². The lowest BCUT2D eigenvalue weighted by Crippen LogP contribution is -2.47. The monoisotopic (exact) mass is 319 g/mol. The molecule has 2 saturated heterocycles. The molecule has 4 amide bonds. The van der Waals surface area contributed by atoms with Gasteiger partial charge in [0.1, 0.15) is 12.1 Å². The number of rotatable bonds is 4. The van der Waals surface area contributed by atoms with E-state index in [9.17, 15) is 14.4 Å². The Labute approximate surface area is 132 Å². The lowest BCUT2D eigenvalue weighted by Gasteiger charge is -2.19. The van der Waals surface area contributed by atoms with Gasteiger partial charge in [0, 0.05) is 12.3 Å². The maximum Gasteiger partial charge on any atom is 0.325 e. The van der Waals surface area contributed by atoms with Crippen LogP contribution in [-0.2, 0) is 16.1 Å². The number of hydrogen-bond acceptors (Lipinski definition) is 4. The van der Waals surface area contributed by atoms with Gasteiger partial charge in [-0.1, -0.05) is 30.3 Å². The van der Waals surface area contributed by atoms with Crippen molar-refractivity contribution < 1.29 is 14.4 Å². The second-order valence-corrected chi connectivity index (χ2v) is 6.57. The number of nitrogens with one attached hydrogen (secondary N) is 2. The Morgan fingerprint density at radius 2 is 2.09 bits per heavy atom. The summed E-state index contributed by atoms with van der Waals surface area (Å²) in [7, 11) is 0. The van der Waals surface area contributed by atoms with Crippen molar-refractivity contribution in [1.29, 1.82) is 0 Å². The number of thioether (sulfide) groups is 1. The molecule has 0 radical (unpaired) electrons. The molecular formula is C15H17N3O3S. The summed E-state index contributed by atoms with van der Waals surface area (Å²) in [4.78, 5) is 37.4. The molecule has 0 aliphatic carbocycles. The molecule has 2 fully saturated rings. The SMILES string of the molecule is O=C(CN1C(=O)N[C@@]2(CCSC2)C1=O)NCc1ccccc1. The van der Waals surface area contributed by atoms with Crippen LogP contribution in [0.25, 0.3) is 0 Å². The van der Waals surface area contributed by atoms with Crippen molar-refractivity contribution in [2.75, 3.05) is 18.1 Å². The first kappa shape index (κ1) is 14.9. The Bertz CT molecular complexity index is 599. The summed E-state index contributed by atoms with van der Waals surface area (Å²) in [6, 6.07) is 9.01. The summed E-state index contributed by atoms with van der Waals surface area (Å²) in [5.41, 5.74) is 0.179. The van der Waals surface area contributed by atoms with Crippen LogP contribution in [-0.4, -0.2) is 46.3 Å². The number of hydrogen-bond donors (Lipinski definition) is 2. The zero-order chi connectivity index (χ0) is 15.6. The quantitative estimate of drug-likeness (QED) is 0.802. The minimum atomic E-state index is -0.790. The summed E-state index contributed by atoms with van der Waals surface area (Å²) < 4.78 is 0. The molecule has 116 valence electrons. The van der Waals surface area contributed by atoms with E-state index in [0.29, 0.717) is 18.7 Å². The maximum atomic E-state index is 12.4. The molecular weight excluding hydrogens is 302 g/mol. The number of imide groups is 1. The second-order valence-electron chi connectivity index (χ2n) is 5.47. The summed E-state index contributed by atoms with van der Waals surface area (Å²) in [6.45, 7) is 0.147. The number of benzene rings is 1. The van der Waals surface area contributed by atoms with Crippen molar-refractivity contribution >= 4 is 29.6 Å². The van der Waals surface area contributed by atoms with Crippen molar-refractivity contribution in [3.63, 3.8) is 0 Å². The summed E-state index contributed by atoms with van der Waals surface area (Å²) in [6.07, 6.45) is 0.629. The molecule has 0 aromatic heterocycles. The number of amides is 4. The van der Waals surface area contributed by atoms with Gasteiger partial charge in [-0.25, -0.2) is 4.79 Å². The van der Waals surface area contributed by atoms with Gasteiger partial charge in [0.2, 0.25) is 5.91 Å². The largest absolute Gasteiger partial charge is 0.350 e. The standard InChI is InChI=1S/C15H17N3O3S/c19-12(16-8-11-4-2-1-3-5-11)9-18-13(20)15(17-14(18)21)6-7-22-10-15/h1-5H,6-10H2,(H,16,19)(H,17,21)/t15-/m1/s1. The highest BCUT2D eigenvalue weighted by atomic mass is 32.2. The Morgan fingerprint density at radius 1 is 1.32 bits per heavy atom. The summed E-state index contributed by atoms with van der Waals surface area (Å²) in [5.74, 6) is 0.812. The lowest BCUT2D eigenvalue weighted by molar-refractivity contribution is -0.134. The van der Waals surface area contributed by atoms with E-state index in [4.69, 9.17) is 0 Å². The van der Waals surface area contributed by atoms with Crippen molar-refractivity contribution in [2.45, 2.75) is 18.5 Å². The minimum absolute atomic E-state index is 0.232. The zero-order valence-electron chi connectivity index (χ0n) is 12.0. The van der Waals surface area contributed by atoms with E-state index in [1.54, 1.807) is 11.8 Å². The maximum absolute atomic E-state index is 12.4. The summed E-state index contributed by atoms with van der Waals surface area (Å²) >= 11 is 1.64. The molecule has 7 heteroatoms. The van der Waals surface area contributed by atoms with Gasteiger partial charge in [-0.3, -0.25) is 14.5 Å². The Kier molecular flexibility index (Phi) is 4.06. The third kappa shape index (κ3) is 2.81. The van der Waals surface area contributed by atoms with Crippen LogP contribution in [0.5, 0.6) is 0 Å². The lowest BCUT2D eigenvalue weighted by atomic mass is 9.99. The Balaban J connectivity index is 1.57. The van der Waals surface area contributed by atoms with Crippen LogP contribution in [0.2, 0.25) is 0 Å². The van der Waals surface area contributed by atoms with Crippen LogP contribution in [0.3, 0.4) is 0 Å². The molecule has 1 spiro atoms. The average molecular weight is 319 g/mol. The van der Waals surface area contributed by atoms with E-state index in [0.717, 1.165) is 16.2 Å². The molecule has 0 unspecified atom stereocenters. The van der Waals surface area contributed by atoms with E-state index in [2.05, 4.69) is 10.6 Å². The van der Waals surface area contributed by atoms with Crippen molar-refractivity contribution in [3.05, 3.63) is 35.9 Å². The van der Waals surface area contributed by atoms with E-state index in [1.165, 1.54) is 0 Å².